The van der Waals surface area contributed by atoms with Crippen LogP contribution in [-0.4, -0.2) is 83.1 Å². The van der Waals surface area contributed by atoms with E-state index in [9.17, 15) is 14.4 Å². The normalized spacial score (nSPS) is 16.6. The highest BCUT2D eigenvalue weighted by Crippen LogP contribution is 2.51. The molecule has 374 valence electrons. The molecule has 6 rings (SSSR count). The fourth-order valence-electron chi connectivity index (χ4n) is 8.33. The molecular formula is C54H67N4O9PS2. The van der Waals surface area contributed by atoms with Crippen molar-refractivity contribution in [1.29, 1.82) is 0 Å². The minimum Gasteiger partial charge on any atom is -0.497 e. The number of amides is 1. The molecule has 0 bridgehead atoms. The first-order valence-electron chi connectivity index (χ1n) is 23.6. The third kappa shape index (κ3) is 14.0. The SMILES string of the molecule is C#CCNC(=O)CCC(C)(C)SSc1ccccc1CCOP(OC1CC(n2cc(C)c(=O)[nH]c2=O)OC1COC(c1ccccc1)(c1ccc(OC)cc1)c1ccc(OC)cc1)N(C(C)C)C(C)C. The Morgan fingerprint density at radius 3 is 2.11 bits per heavy atom. The number of carbonyl (C=O) groups is 1. The minimum atomic E-state index is -1.71. The van der Waals surface area contributed by atoms with Gasteiger partial charge in [-0.15, -0.1) is 6.42 Å². The average molecular weight is 1010 g/mol. The van der Waals surface area contributed by atoms with Gasteiger partial charge in [-0.2, -0.15) is 0 Å². The summed E-state index contributed by atoms with van der Waals surface area (Å²) in [6.07, 6.45) is 6.72. The molecule has 4 atom stereocenters. The van der Waals surface area contributed by atoms with Gasteiger partial charge in [0.1, 0.15) is 29.4 Å². The number of nitrogens with one attached hydrogen (secondary N) is 2. The highest BCUT2D eigenvalue weighted by Gasteiger charge is 2.45. The molecule has 0 aliphatic carbocycles. The number of ether oxygens (including phenoxy) is 4. The van der Waals surface area contributed by atoms with Crippen molar-refractivity contribution >= 4 is 36.0 Å². The van der Waals surface area contributed by atoms with Crippen LogP contribution in [0.1, 0.15) is 94.9 Å². The smallest absolute Gasteiger partial charge is 0.330 e. The van der Waals surface area contributed by atoms with E-state index in [2.05, 4.69) is 74.6 Å². The Morgan fingerprint density at radius 1 is 0.914 bits per heavy atom. The lowest BCUT2D eigenvalue weighted by Crippen LogP contribution is -2.39. The summed E-state index contributed by atoms with van der Waals surface area (Å²) in [5.74, 6) is 3.80. The van der Waals surface area contributed by atoms with Gasteiger partial charge < -0.3 is 33.3 Å². The molecule has 2 heterocycles. The number of methoxy groups -OCH3 is 2. The van der Waals surface area contributed by atoms with Crippen molar-refractivity contribution in [3.63, 3.8) is 0 Å². The number of hydrogen-bond donors (Lipinski definition) is 2. The van der Waals surface area contributed by atoms with Crippen molar-refractivity contribution in [1.82, 2.24) is 19.5 Å². The largest absolute Gasteiger partial charge is 0.497 e. The lowest BCUT2D eigenvalue weighted by Gasteiger charge is -2.39. The van der Waals surface area contributed by atoms with Crippen LogP contribution in [0.25, 0.3) is 0 Å². The van der Waals surface area contributed by atoms with Gasteiger partial charge in [-0.25, -0.2) is 9.46 Å². The number of aryl methyl sites for hydroxylation is 1. The highest BCUT2D eigenvalue weighted by atomic mass is 33.1. The number of terminal acetylenes is 1. The summed E-state index contributed by atoms with van der Waals surface area (Å²) in [6.45, 7) is 15.1. The molecule has 2 N–H and O–H groups in total. The average Bonchev–Trinajstić information content (AvgIpc) is 3.75. The molecule has 0 saturated carbocycles. The summed E-state index contributed by atoms with van der Waals surface area (Å²) in [5.41, 5.74) is 1.90. The zero-order valence-corrected chi connectivity index (χ0v) is 44.2. The molecule has 1 amide bonds. The molecule has 1 aromatic heterocycles. The fourth-order valence-corrected chi connectivity index (χ4v) is 12.7. The molecule has 70 heavy (non-hydrogen) atoms. The van der Waals surface area contributed by atoms with Crippen LogP contribution in [0, 0.1) is 19.3 Å². The van der Waals surface area contributed by atoms with Gasteiger partial charge in [-0.1, -0.05) is 100 Å². The van der Waals surface area contributed by atoms with E-state index in [0.717, 1.165) is 27.1 Å². The molecule has 1 aliphatic rings. The molecule has 5 aromatic rings. The lowest BCUT2D eigenvalue weighted by atomic mass is 9.80. The van der Waals surface area contributed by atoms with Gasteiger partial charge in [0.15, 0.2) is 0 Å². The van der Waals surface area contributed by atoms with Crippen LogP contribution in [-0.2, 0) is 35.3 Å². The third-order valence-corrected chi connectivity index (χ3v) is 17.6. The molecule has 1 aliphatic heterocycles. The van der Waals surface area contributed by atoms with Gasteiger partial charge in [0, 0.05) is 46.3 Å². The topological polar surface area (TPSA) is 143 Å². The summed E-state index contributed by atoms with van der Waals surface area (Å²) in [7, 11) is 4.99. The van der Waals surface area contributed by atoms with E-state index < -0.39 is 43.8 Å². The number of carbonyl (C=O) groups excluding carboxylic acids is 1. The quantitative estimate of drug-likeness (QED) is 0.0249. The number of hydrogen-bond acceptors (Lipinski definition) is 12. The molecule has 0 spiro atoms. The van der Waals surface area contributed by atoms with E-state index in [4.69, 9.17) is 34.4 Å². The van der Waals surface area contributed by atoms with Gasteiger partial charge in [0.05, 0.1) is 40.1 Å². The standard InChI is InChI=1S/C54H67N4O9PS2/c1-11-32-55-49(59)29-31-53(7,8)70-69-48-20-16-15-17-40(48)30-33-65-68(58(37(2)3)38(4)5)67-46-34-50(57-35-39(6)51(60)56-52(57)61)66-47(46)36-64-54(41-18-13-12-14-19-41,42-21-25-44(62-9)26-22-42)43-23-27-45(63-10)28-24-43/h1,12-28,35,37-38,46-47,50H,29-34,36H2,2-10H3,(H,55,59)(H,56,60,61). The van der Waals surface area contributed by atoms with Gasteiger partial charge in [-0.05, 0) is 114 Å². The predicted molar refractivity (Wildman–Crippen MR) is 281 cm³/mol. The molecule has 1 saturated heterocycles. The maximum absolute atomic E-state index is 13.5. The molecule has 1 fully saturated rings. The number of H-pyrrole nitrogens is 1. The van der Waals surface area contributed by atoms with E-state index >= 15 is 0 Å². The van der Waals surface area contributed by atoms with Gasteiger partial charge in [0.2, 0.25) is 5.91 Å². The molecule has 0 radical (unpaired) electrons. The number of benzene rings is 4. The Kier molecular flexibility index (Phi) is 19.8. The second-order valence-electron chi connectivity index (χ2n) is 18.2. The van der Waals surface area contributed by atoms with Crippen LogP contribution in [0.5, 0.6) is 11.5 Å². The van der Waals surface area contributed by atoms with Crippen LogP contribution in [0.3, 0.4) is 0 Å². The number of nitrogens with zero attached hydrogens (tertiary/aromatic N) is 2. The zero-order chi connectivity index (χ0) is 50.4. The maximum atomic E-state index is 13.5. The number of aromatic nitrogens is 2. The summed E-state index contributed by atoms with van der Waals surface area (Å²) in [6, 6.07) is 34.1. The van der Waals surface area contributed by atoms with Crippen molar-refractivity contribution in [2.75, 3.05) is 34.0 Å². The van der Waals surface area contributed by atoms with Crippen molar-refractivity contribution in [2.45, 2.75) is 120 Å². The Bertz CT molecular complexity index is 2560. The first-order valence-corrected chi connectivity index (χ1v) is 26.8. The van der Waals surface area contributed by atoms with Gasteiger partial charge in [-0.3, -0.25) is 19.1 Å². The lowest BCUT2D eigenvalue weighted by molar-refractivity contribution is -0.121. The van der Waals surface area contributed by atoms with Crippen molar-refractivity contribution in [3.8, 4) is 23.8 Å². The van der Waals surface area contributed by atoms with Crippen molar-refractivity contribution in [2.24, 2.45) is 0 Å². The molecule has 4 aromatic carbocycles. The summed E-state index contributed by atoms with van der Waals surface area (Å²) in [4.78, 5) is 41.9. The monoisotopic (exact) mass is 1010 g/mol. The Labute approximate surface area is 422 Å². The highest BCUT2D eigenvalue weighted by molar-refractivity contribution is 8.77. The summed E-state index contributed by atoms with van der Waals surface area (Å²) in [5, 5.41) is 2.76. The Morgan fingerprint density at radius 2 is 1.51 bits per heavy atom. The maximum Gasteiger partial charge on any atom is 0.330 e. The van der Waals surface area contributed by atoms with Gasteiger partial charge in [0.25, 0.3) is 14.1 Å². The van der Waals surface area contributed by atoms with Gasteiger partial charge >= 0.3 is 5.69 Å². The molecular weight excluding hydrogens is 944 g/mol. The summed E-state index contributed by atoms with van der Waals surface area (Å²) >= 11 is 0. The zero-order valence-electron chi connectivity index (χ0n) is 41.6. The van der Waals surface area contributed by atoms with Crippen LogP contribution in [0.2, 0.25) is 0 Å². The van der Waals surface area contributed by atoms with E-state index in [1.54, 1.807) is 42.7 Å². The minimum absolute atomic E-state index is 0.0337. The summed E-state index contributed by atoms with van der Waals surface area (Å²) < 4.78 is 43.0. The van der Waals surface area contributed by atoms with Crippen molar-refractivity contribution in [3.05, 3.63) is 158 Å². The van der Waals surface area contributed by atoms with Crippen LogP contribution in [0.4, 0.5) is 0 Å². The van der Waals surface area contributed by atoms with Crippen LogP contribution in [0.15, 0.2) is 124 Å². The molecule has 16 heteroatoms. The first-order chi connectivity index (χ1) is 33.6. The van der Waals surface area contributed by atoms with E-state index in [1.165, 1.54) is 10.8 Å². The van der Waals surface area contributed by atoms with Crippen LogP contribution < -0.4 is 26.0 Å². The molecule has 13 nitrogen and oxygen atoms in total. The first kappa shape index (κ1) is 54.5. The number of aromatic amines is 1. The Balaban J connectivity index is 1.31. The second-order valence-corrected chi connectivity index (χ2v) is 22.5. The predicted octanol–water partition coefficient (Wildman–Crippen LogP) is 10.2. The van der Waals surface area contributed by atoms with E-state index in [0.29, 0.717) is 42.9 Å². The number of rotatable bonds is 25. The fraction of sp³-hybridized carbons (Fsp3) is 0.426. The van der Waals surface area contributed by atoms with E-state index in [1.807, 2.05) is 91.0 Å². The molecule has 4 unspecified atom stereocenters. The Hall–Kier alpha value is -4.88. The van der Waals surface area contributed by atoms with E-state index in [-0.39, 0.29) is 42.3 Å². The van der Waals surface area contributed by atoms with Crippen molar-refractivity contribution < 1.29 is 32.8 Å². The second kappa shape index (κ2) is 25.5. The third-order valence-electron chi connectivity index (χ3n) is 12.0. The van der Waals surface area contributed by atoms with Crippen LogP contribution >= 0.6 is 30.1 Å².